The highest BCUT2D eigenvalue weighted by molar-refractivity contribution is 6.07. The van der Waals surface area contributed by atoms with E-state index in [1.165, 1.54) is 6.08 Å². The zero-order valence-corrected chi connectivity index (χ0v) is 14.6. The quantitative estimate of drug-likeness (QED) is 0.686. The second-order valence-corrected chi connectivity index (χ2v) is 6.40. The number of fused-ring (bicyclic) bond motifs is 1. The molecular formula is C21H18N4O2. The molecular weight excluding hydrogens is 340 g/mol. The molecule has 1 aliphatic carbocycles. The molecule has 0 bridgehead atoms. The Morgan fingerprint density at radius 3 is 2.56 bits per heavy atom. The van der Waals surface area contributed by atoms with Crippen molar-refractivity contribution in [3.8, 4) is 0 Å². The number of carbonyl (C=O) groups excluding carboxylic acids is 2. The van der Waals surface area contributed by atoms with Gasteiger partial charge in [0.2, 0.25) is 5.91 Å². The van der Waals surface area contributed by atoms with Gasteiger partial charge in [0.1, 0.15) is 0 Å². The number of hydrogen-bond donors (Lipinski definition) is 2. The van der Waals surface area contributed by atoms with E-state index in [0.717, 1.165) is 23.9 Å². The van der Waals surface area contributed by atoms with Crippen LogP contribution in [0.3, 0.4) is 0 Å². The lowest BCUT2D eigenvalue weighted by atomic mass is 10.1. The number of anilines is 1. The van der Waals surface area contributed by atoms with Gasteiger partial charge in [-0.1, -0.05) is 24.3 Å². The van der Waals surface area contributed by atoms with Crippen molar-refractivity contribution in [2.24, 2.45) is 0 Å². The number of rotatable bonds is 5. The van der Waals surface area contributed by atoms with Crippen LogP contribution in [0.2, 0.25) is 0 Å². The van der Waals surface area contributed by atoms with Gasteiger partial charge in [0.05, 0.1) is 34.2 Å². The van der Waals surface area contributed by atoms with Crippen LogP contribution in [-0.4, -0.2) is 27.8 Å². The standard InChI is InChI=1S/C21H18N4O2/c26-20(12-11-15-13-22-18-7-3-4-8-19(18)23-15)25-17-6-2-1-5-16(17)21(27)24-14-9-10-14/h1-8,11-14H,9-10H2,(H,24,27)(H,25,26)/b12-11+. The molecule has 6 heteroatoms. The Balaban J connectivity index is 1.47. The van der Waals surface area contributed by atoms with Crippen LogP contribution in [-0.2, 0) is 4.79 Å². The maximum atomic E-state index is 12.3. The van der Waals surface area contributed by atoms with Crippen molar-refractivity contribution in [3.05, 3.63) is 72.1 Å². The molecule has 4 rings (SSSR count). The fourth-order valence-electron chi connectivity index (χ4n) is 2.67. The molecule has 2 aromatic carbocycles. The Morgan fingerprint density at radius 1 is 1.00 bits per heavy atom. The van der Waals surface area contributed by atoms with Crippen molar-refractivity contribution in [1.29, 1.82) is 0 Å². The molecule has 1 heterocycles. The van der Waals surface area contributed by atoms with Gasteiger partial charge in [0, 0.05) is 12.1 Å². The summed E-state index contributed by atoms with van der Waals surface area (Å²) in [5.41, 5.74) is 3.09. The molecule has 0 radical (unpaired) electrons. The molecule has 27 heavy (non-hydrogen) atoms. The molecule has 3 aromatic rings. The second-order valence-electron chi connectivity index (χ2n) is 6.40. The summed E-state index contributed by atoms with van der Waals surface area (Å²) >= 11 is 0. The zero-order chi connectivity index (χ0) is 18.6. The molecule has 2 amide bonds. The van der Waals surface area contributed by atoms with Crippen molar-refractivity contribution >= 4 is 34.6 Å². The molecule has 2 N–H and O–H groups in total. The van der Waals surface area contributed by atoms with E-state index >= 15 is 0 Å². The molecule has 0 spiro atoms. The second kappa shape index (κ2) is 7.37. The van der Waals surface area contributed by atoms with Crippen molar-refractivity contribution in [2.75, 3.05) is 5.32 Å². The first-order valence-electron chi connectivity index (χ1n) is 8.80. The average Bonchev–Trinajstić information content (AvgIpc) is 3.50. The lowest BCUT2D eigenvalue weighted by Crippen LogP contribution is -2.26. The number of carbonyl (C=O) groups is 2. The van der Waals surface area contributed by atoms with E-state index in [-0.39, 0.29) is 17.9 Å². The third kappa shape index (κ3) is 4.17. The molecule has 0 atom stereocenters. The minimum Gasteiger partial charge on any atom is -0.349 e. The first kappa shape index (κ1) is 16.9. The van der Waals surface area contributed by atoms with Crippen LogP contribution in [0, 0.1) is 0 Å². The van der Waals surface area contributed by atoms with E-state index in [4.69, 9.17) is 0 Å². The van der Waals surface area contributed by atoms with Gasteiger partial charge in [-0.2, -0.15) is 0 Å². The lowest BCUT2D eigenvalue weighted by Gasteiger charge is -2.09. The zero-order valence-electron chi connectivity index (χ0n) is 14.6. The summed E-state index contributed by atoms with van der Waals surface area (Å²) in [6, 6.07) is 14.8. The lowest BCUT2D eigenvalue weighted by molar-refractivity contribution is -0.111. The van der Waals surface area contributed by atoms with E-state index in [1.807, 2.05) is 24.3 Å². The van der Waals surface area contributed by atoms with Gasteiger partial charge in [-0.3, -0.25) is 14.6 Å². The van der Waals surface area contributed by atoms with Gasteiger partial charge in [-0.15, -0.1) is 0 Å². The van der Waals surface area contributed by atoms with Crippen LogP contribution in [0.25, 0.3) is 17.1 Å². The molecule has 1 fully saturated rings. The predicted molar refractivity (Wildman–Crippen MR) is 104 cm³/mol. The van der Waals surface area contributed by atoms with Gasteiger partial charge in [0.25, 0.3) is 5.91 Å². The minimum absolute atomic E-state index is 0.169. The summed E-state index contributed by atoms with van der Waals surface area (Å²) in [6.07, 6.45) is 6.62. The number of para-hydroxylation sites is 3. The number of aromatic nitrogens is 2. The van der Waals surface area contributed by atoms with Gasteiger partial charge in [-0.25, -0.2) is 4.98 Å². The first-order chi connectivity index (χ1) is 13.2. The van der Waals surface area contributed by atoms with Crippen LogP contribution < -0.4 is 10.6 Å². The number of benzene rings is 2. The van der Waals surface area contributed by atoms with Crippen LogP contribution >= 0.6 is 0 Å². The van der Waals surface area contributed by atoms with E-state index in [1.54, 1.807) is 36.5 Å². The van der Waals surface area contributed by atoms with Crippen molar-refractivity contribution < 1.29 is 9.59 Å². The Kier molecular flexibility index (Phi) is 4.61. The monoisotopic (exact) mass is 358 g/mol. The van der Waals surface area contributed by atoms with Gasteiger partial charge in [0.15, 0.2) is 0 Å². The maximum Gasteiger partial charge on any atom is 0.253 e. The normalized spacial score (nSPS) is 13.6. The summed E-state index contributed by atoms with van der Waals surface area (Å²) in [5, 5.41) is 5.69. The Morgan fingerprint density at radius 2 is 1.74 bits per heavy atom. The highest BCUT2D eigenvalue weighted by Gasteiger charge is 2.24. The van der Waals surface area contributed by atoms with Crippen LogP contribution in [0.5, 0.6) is 0 Å². The largest absolute Gasteiger partial charge is 0.349 e. The summed E-state index contributed by atoms with van der Waals surface area (Å²) in [4.78, 5) is 33.3. The topological polar surface area (TPSA) is 84.0 Å². The fraction of sp³-hybridized carbons (Fsp3) is 0.143. The van der Waals surface area contributed by atoms with Crippen molar-refractivity contribution in [1.82, 2.24) is 15.3 Å². The maximum absolute atomic E-state index is 12.3. The molecule has 1 aliphatic rings. The van der Waals surface area contributed by atoms with Crippen LogP contribution in [0.4, 0.5) is 5.69 Å². The number of amides is 2. The van der Waals surface area contributed by atoms with Gasteiger partial charge < -0.3 is 10.6 Å². The van der Waals surface area contributed by atoms with E-state index in [0.29, 0.717) is 16.9 Å². The summed E-state index contributed by atoms with van der Waals surface area (Å²) < 4.78 is 0. The highest BCUT2D eigenvalue weighted by Crippen LogP contribution is 2.21. The van der Waals surface area contributed by atoms with E-state index < -0.39 is 0 Å². The van der Waals surface area contributed by atoms with Crippen molar-refractivity contribution in [3.63, 3.8) is 0 Å². The summed E-state index contributed by atoms with van der Waals surface area (Å²) in [5.74, 6) is -0.505. The Bertz CT molecular complexity index is 1040. The summed E-state index contributed by atoms with van der Waals surface area (Å²) in [6.45, 7) is 0. The summed E-state index contributed by atoms with van der Waals surface area (Å²) in [7, 11) is 0. The average molecular weight is 358 g/mol. The molecule has 1 saturated carbocycles. The number of hydrogen-bond acceptors (Lipinski definition) is 4. The molecule has 134 valence electrons. The molecule has 6 nitrogen and oxygen atoms in total. The van der Waals surface area contributed by atoms with Crippen LogP contribution in [0.15, 0.2) is 60.8 Å². The third-order valence-corrected chi connectivity index (χ3v) is 4.21. The smallest absolute Gasteiger partial charge is 0.253 e. The molecule has 1 aromatic heterocycles. The Hall–Kier alpha value is -3.54. The predicted octanol–water partition coefficient (Wildman–Crippen LogP) is 3.17. The number of nitrogens with zero attached hydrogens (tertiary/aromatic N) is 2. The molecule has 0 unspecified atom stereocenters. The number of nitrogens with one attached hydrogen (secondary N) is 2. The van der Waals surface area contributed by atoms with Gasteiger partial charge in [-0.05, 0) is 43.2 Å². The SMILES string of the molecule is O=C(/C=C/c1cnc2ccccc2n1)Nc1ccccc1C(=O)NC1CC1. The van der Waals surface area contributed by atoms with E-state index in [9.17, 15) is 9.59 Å². The third-order valence-electron chi connectivity index (χ3n) is 4.21. The Labute approximate surface area is 156 Å². The van der Waals surface area contributed by atoms with Crippen molar-refractivity contribution in [2.45, 2.75) is 18.9 Å². The molecule has 0 aliphatic heterocycles. The molecule has 0 saturated heterocycles. The van der Waals surface area contributed by atoms with Crippen LogP contribution in [0.1, 0.15) is 28.9 Å². The first-order valence-corrected chi connectivity index (χ1v) is 8.80. The minimum atomic E-state index is -0.336. The van der Waals surface area contributed by atoms with Gasteiger partial charge >= 0.3 is 0 Å². The van der Waals surface area contributed by atoms with E-state index in [2.05, 4.69) is 20.6 Å². The highest BCUT2D eigenvalue weighted by atomic mass is 16.2. The fourth-order valence-corrected chi connectivity index (χ4v) is 2.67.